The van der Waals surface area contributed by atoms with Gasteiger partial charge < -0.3 is 19.2 Å². The van der Waals surface area contributed by atoms with Crippen LogP contribution in [0.5, 0.6) is 0 Å². The second kappa shape index (κ2) is 8.46. The van der Waals surface area contributed by atoms with Crippen molar-refractivity contribution in [3.8, 4) is 0 Å². The van der Waals surface area contributed by atoms with Crippen molar-refractivity contribution in [2.75, 3.05) is 26.1 Å². The van der Waals surface area contributed by atoms with Crippen LogP contribution in [0.15, 0.2) is 27.6 Å². The molecule has 1 N–H and O–H groups in total. The van der Waals surface area contributed by atoms with Crippen molar-refractivity contribution in [3.63, 3.8) is 0 Å². The number of rotatable bonds is 7. The van der Waals surface area contributed by atoms with Gasteiger partial charge in [0.15, 0.2) is 6.29 Å². The molecule has 0 saturated heterocycles. The molecule has 0 spiro atoms. The first kappa shape index (κ1) is 19.2. The van der Waals surface area contributed by atoms with E-state index < -0.39 is 6.29 Å². The zero-order chi connectivity index (χ0) is 19.5. The van der Waals surface area contributed by atoms with Crippen LogP contribution in [0, 0.1) is 0 Å². The summed E-state index contributed by atoms with van der Waals surface area (Å²) in [5, 5.41) is 3.99. The molecule has 150 valence electrons. The van der Waals surface area contributed by atoms with Crippen molar-refractivity contribution < 1.29 is 13.9 Å². The standard InChI is InChI=1S/C20H25N3O4S/c1-25-16(26-2)11-21-20-22-18-17(14-8-4-3-5-9-15(14)28-18)19(24)23(20)12-13-7-6-10-27-13/h6-7,10,16H,3-5,8-9,11-12H2,1-2H3,(H,21,22). The highest BCUT2D eigenvalue weighted by molar-refractivity contribution is 7.18. The molecule has 3 aromatic heterocycles. The van der Waals surface area contributed by atoms with E-state index in [0.29, 0.717) is 24.8 Å². The van der Waals surface area contributed by atoms with Gasteiger partial charge in [0.1, 0.15) is 10.6 Å². The monoisotopic (exact) mass is 403 g/mol. The first-order chi connectivity index (χ1) is 13.7. The molecule has 1 aliphatic rings. The second-order valence-corrected chi connectivity index (χ2v) is 8.02. The molecule has 0 aliphatic heterocycles. The third-order valence-corrected chi connectivity index (χ3v) is 6.36. The quantitative estimate of drug-likeness (QED) is 0.481. The maximum atomic E-state index is 13.5. The van der Waals surface area contributed by atoms with E-state index in [1.807, 2.05) is 12.1 Å². The second-order valence-electron chi connectivity index (χ2n) is 6.93. The number of thiophene rings is 1. The normalized spacial score (nSPS) is 14.4. The summed E-state index contributed by atoms with van der Waals surface area (Å²) in [6.45, 7) is 0.709. The smallest absolute Gasteiger partial charge is 0.264 e. The lowest BCUT2D eigenvalue weighted by Crippen LogP contribution is -2.30. The molecule has 0 radical (unpaired) electrons. The molecule has 0 atom stereocenters. The molecule has 3 heterocycles. The van der Waals surface area contributed by atoms with E-state index in [1.54, 1.807) is 36.4 Å². The Morgan fingerprint density at radius 2 is 2.11 bits per heavy atom. The molecule has 4 rings (SSSR count). The Morgan fingerprint density at radius 1 is 1.29 bits per heavy atom. The Hall–Kier alpha value is -2.16. The molecule has 7 nitrogen and oxygen atoms in total. The van der Waals surface area contributed by atoms with Gasteiger partial charge in [-0.05, 0) is 43.4 Å². The maximum Gasteiger partial charge on any atom is 0.264 e. The summed E-state index contributed by atoms with van der Waals surface area (Å²) in [6.07, 6.45) is 6.69. The summed E-state index contributed by atoms with van der Waals surface area (Å²) in [5.41, 5.74) is 1.18. The molecule has 0 bridgehead atoms. The van der Waals surface area contributed by atoms with Crippen molar-refractivity contribution in [2.45, 2.75) is 44.9 Å². The third-order valence-electron chi connectivity index (χ3n) is 5.17. The Labute approximate surface area is 167 Å². The average molecular weight is 404 g/mol. The van der Waals surface area contributed by atoms with Gasteiger partial charge in [0.25, 0.3) is 5.56 Å². The summed E-state index contributed by atoms with van der Waals surface area (Å²) in [5.74, 6) is 1.21. The van der Waals surface area contributed by atoms with Crippen LogP contribution in [0.4, 0.5) is 5.95 Å². The third kappa shape index (κ3) is 3.72. The first-order valence-corrected chi connectivity index (χ1v) is 10.4. The van der Waals surface area contributed by atoms with Crippen LogP contribution in [0.1, 0.15) is 35.5 Å². The topological polar surface area (TPSA) is 78.5 Å². The van der Waals surface area contributed by atoms with Crippen LogP contribution >= 0.6 is 11.3 Å². The molecule has 3 aromatic rings. The van der Waals surface area contributed by atoms with Crippen molar-refractivity contribution in [1.82, 2.24) is 9.55 Å². The number of furan rings is 1. The molecular formula is C20H25N3O4S. The lowest BCUT2D eigenvalue weighted by Gasteiger charge is -2.17. The minimum atomic E-state index is -0.426. The van der Waals surface area contributed by atoms with Crippen molar-refractivity contribution in [3.05, 3.63) is 45.0 Å². The highest BCUT2D eigenvalue weighted by Crippen LogP contribution is 2.33. The number of fused-ring (bicyclic) bond motifs is 3. The van der Waals surface area contributed by atoms with Gasteiger partial charge in [-0.2, -0.15) is 0 Å². The fourth-order valence-corrected chi connectivity index (χ4v) is 4.94. The lowest BCUT2D eigenvalue weighted by atomic mass is 10.1. The average Bonchev–Trinajstić information content (AvgIpc) is 3.27. The Kier molecular flexibility index (Phi) is 5.79. The van der Waals surface area contributed by atoms with E-state index in [-0.39, 0.29) is 5.56 Å². The molecule has 0 aromatic carbocycles. The molecule has 8 heteroatoms. The molecule has 0 amide bonds. The summed E-state index contributed by atoms with van der Waals surface area (Å²) in [4.78, 5) is 20.4. The number of hydrogen-bond donors (Lipinski definition) is 1. The summed E-state index contributed by atoms with van der Waals surface area (Å²) in [7, 11) is 3.16. The van der Waals surface area contributed by atoms with E-state index in [4.69, 9.17) is 18.9 Å². The van der Waals surface area contributed by atoms with Gasteiger partial charge in [-0.25, -0.2) is 4.98 Å². The minimum Gasteiger partial charge on any atom is -0.467 e. The van der Waals surface area contributed by atoms with E-state index in [0.717, 1.165) is 29.5 Å². The molecule has 0 fully saturated rings. The maximum absolute atomic E-state index is 13.5. The van der Waals surface area contributed by atoms with Gasteiger partial charge in [-0.3, -0.25) is 9.36 Å². The van der Waals surface area contributed by atoms with Gasteiger partial charge in [-0.1, -0.05) is 6.42 Å². The van der Waals surface area contributed by atoms with Gasteiger partial charge in [0.2, 0.25) is 5.95 Å². The van der Waals surface area contributed by atoms with Crippen LogP contribution in [0.2, 0.25) is 0 Å². The molecule has 28 heavy (non-hydrogen) atoms. The number of anilines is 1. The summed E-state index contributed by atoms with van der Waals surface area (Å²) >= 11 is 1.65. The van der Waals surface area contributed by atoms with E-state index in [1.165, 1.54) is 23.3 Å². The predicted octanol–water partition coefficient (Wildman–Crippen LogP) is 3.40. The van der Waals surface area contributed by atoms with Crippen LogP contribution in [0.25, 0.3) is 10.2 Å². The molecule has 1 aliphatic carbocycles. The largest absolute Gasteiger partial charge is 0.467 e. The van der Waals surface area contributed by atoms with Crippen LogP contribution in [0.3, 0.4) is 0 Å². The van der Waals surface area contributed by atoms with Crippen LogP contribution in [-0.4, -0.2) is 36.6 Å². The van der Waals surface area contributed by atoms with Crippen LogP contribution in [-0.2, 0) is 28.9 Å². The summed E-state index contributed by atoms with van der Waals surface area (Å²) < 4.78 is 17.6. The number of nitrogens with one attached hydrogen (secondary N) is 1. The van der Waals surface area contributed by atoms with Gasteiger partial charge >= 0.3 is 0 Å². The molecule has 0 unspecified atom stereocenters. The van der Waals surface area contributed by atoms with Gasteiger partial charge in [-0.15, -0.1) is 11.3 Å². The van der Waals surface area contributed by atoms with Crippen LogP contribution < -0.4 is 10.9 Å². The molecule has 0 saturated carbocycles. The SMILES string of the molecule is COC(CNc1nc2sc3c(c2c(=O)n1Cc1ccco1)CCCCC3)OC. The number of methoxy groups -OCH3 is 2. The zero-order valence-corrected chi connectivity index (χ0v) is 17.0. The van der Waals surface area contributed by atoms with Crippen molar-refractivity contribution in [2.24, 2.45) is 0 Å². The summed E-state index contributed by atoms with van der Waals surface area (Å²) in [6, 6.07) is 3.68. The van der Waals surface area contributed by atoms with E-state index >= 15 is 0 Å². The number of ether oxygens (including phenoxy) is 2. The number of aryl methyl sites for hydroxylation is 2. The highest BCUT2D eigenvalue weighted by atomic mass is 32.1. The minimum absolute atomic E-state index is 0.0188. The number of hydrogen-bond acceptors (Lipinski definition) is 7. The van der Waals surface area contributed by atoms with E-state index in [2.05, 4.69) is 5.32 Å². The van der Waals surface area contributed by atoms with Gasteiger partial charge in [0.05, 0.1) is 24.7 Å². The fraction of sp³-hybridized carbons (Fsp3) is 0.500. The first-order valence-electron chi connectivity index (χ1n) is 9.58. The Balaban J connectivity index is 1.80. The van der Waals surface area contributed by atoms with Crippen molar-refractivity contribution in [1.29, 1.82) is 0 Å². The number of nitrogens with zero attached hydrogens (tertiary/aromatic N) is 2. The molecular weight excluding hydrogens is 378 g/mol. The van der Waals surface area contributed by atoms with Gasteiger partial charge in [0, 0.05) is 19.1 Å². The predicted molar refractivity (Wildman–Crippen MR) is 109 cm³/mol. The van der Waals surface area contributed by atoms with E-state index in [9.17, 15) is 4.79 Å². The van der Waals surface area contributed by atoms with Crippen molar-refractivity contribution >= 4 is 27.5 Å². The fourth-order valence-electron chi connectivity index (χ4n) is 3.69. The Bertz CT molecular complexity index is 989. The highest BCUT2D eigenvalue weighted by Gasteiger charge is 2.22. The lowest BCUT2D eigenvalue weighted by molar-refractivity contribution is -0.0915. The zero-order valence-electron chi connectivity index (χ0n) is 16.2. The number of aromatic nitrogens is 2. The Morgan fingerprint density at radius 3 is 2.86 bits per heavy atom.